The summed E-state index contributed by atoms with van der Waals surface area (Å²) in [6.07, 6.45) is 13.0. The van der Waals surface area contributed by atoms with Crippen molar-refractivity contribution in [2.24, 2.45) is 46.3 Å². The normalized spacial score (nSPS) is 41.9. The summed E-state index contributed by atoms with van der Waals surface area (Å²) in [4.78, 5) is 23.7. The average Bonchev–Trinajstić information content (AvgIpc) is 3.13. The van der Waals surface area contributed by atoms with Gasteiger partial charge in [0.05, 0.1) is 34.1 Å². The second kappa shape index (κ2) is 9.99. The number of ether oxygens (including phenoxy) is 1. The average molecular weight is 491 g/mol. The number of nitrogens with zero attached hydrogens (tertiary/aromatic N) is 1. The van der Waals surface area contributed by atoms with E-state index in [0.29, 0.717) is 41.4 Å². The number of hydrogen-bond donors (Lipinski definition) is 1. The predicted molar refractivity (Wildman–Crippen MR) is 139 cm³/mol. The van der Waals surface area contributed by atoms with Crippen molar-refractivity contribution in [1.29, 1.82) is 0 Å². The first kappa shape index (κ1) is 26.9. The molecule has 200 valence electrons. The van der Waals surface area contributed by atoms with Gasteiger partial charge in [-0.3, -0.25) is 9.59 Å². The maximum absolute atomic E-state index is 12.5. The Morgan fingerprint density at radius 3 is 2.31 bits per heavy atom. The Bertz CT molecular complexity index is 790. The van der Waals surface area contributed by atoms with Crippen molar-refractivity contribution in [3.8, 4) is 0 Å². The molecule has 0 aromatic carbocycles. The van der Waals surface area contributed by atoms with Crippen LogP contribution in [0.1, 0.15) is 97.8 Å². The molecule has 0 aromatic heterocycles. The summed E-state index contributed by atoms with van der Waals surface area (Å²) in [6, 6.07) is 0. The van der Waals surface area contributed by atoms with Gasteiger partial charge in [0, 0.05) is 6.42 Å². The van der Waals surface area contributed by atoms with Crippen molar-refractivity contribution in [3.05, 3.63) is 0 Å². The molecule has 0 aliphatic heterocycles. The number of hydrogen-bond acceptors (Lipinski definition) is 3. The van der Waals surface area contributed by atoms with Gasteiger partial charge >= 0.3 is 11.9 Å². The van der Waals surface area contributed by atoms with Gasteiger partial charge in [-0.1, -0.05) is 20.8 Å². The summed E-state index contributed by atoms with van der Waals surface area (Å²) >= 11 is 0. The van der Waals surface area contributed by atoms with E-state index in [1.54, 1.807) is 0 Å². The number of esters is 1. The molecule has 0 unspecified atom stereocenters. The number of carboxylic acid groups (broad SMARTS) is 1. The van der Waals surface area contributed by atoms with Gasteiger partial charge in [0.25, 0.3) is 0 Å². The monoisotopic (exact) mass is 490 g/mol. The molecule has 0 aromatic rings. The van der Waals surface area contributed by atoms with Crippen LogP contribution in [0, 0.1) is 46.3 Å². The Labute approximate surface area is 213 Å². The van der Waals surface area contributed by atoms with Crippen LogP contribution in [0.2, 0.25) is 0 Å². The number of carbonyl (C=O) groups is 2. The maximum Gasteiger partial charge on any atom is 0.311 e. The molecule has 4 aliphatic carbocycles. The lowest BCUT2D eigenvalue weighted by Crippen LogP contribution is -2.54. The van der Waals surface area contributed by atoms with E-state index in [1.165, 1.54) is 44.9 Å². The van der Waals surface area contributed by atoms with Crippen LogP contribution in [0.4, 0.5) is 0 Å². The van der Waals surface area contributed by atoms with E-state index in [9.17, 15) is 14.7 Å². The van der Waals surface area contributed by atoms with Crippen LogP contribution in [0.25, 0.3) is 0 Å². The SMILES string of the molecule is C[C@H](CCC(=O)O)[C@H]1CC[C@H]2[C@@H]3CC[C@@H]4C[C@@H](OC(=O)CC[N+](C)(C)C)CC[C@]4(C)[C@H]3CC[C@]12C. The topological polar surface area (TPSA) is 63.6 Å². The summed E-state index contributed by atoms with van der Waals surface area (Å²) in [5, 5.41) is 9.19. The summed E-state index contributed by atoms with van der Waals surface area (Å²) in [5.41, 5.74) is 0.781. The van der Waals surface area contributed by atoms with Crippen LogP contribution in [0.5, 0.6) is 0 Å². The number of rotatable bonds is 8. The minimum Gasteiger partial charge on any atom is -0.481 e. The molecule has 0 bridgehead atoms. The predicted octanol–water partition coefficient (Wildman–Crippen LogP) is 6.15. The second-order valence-corrected chi connectivity index (χ2v) is 14.4. The fourth-order valence-corrected chi connectivity index (χ4v) is 9.52. The number of carboxylic acids is 1. The van der Waals surface area contributed by atoms with Gasteiger partial charge in [-0.25, -0.2) is 0 Å². The van der Waals surface area contributed by atoms with Gasteiger partial charge in [0.1, 0.15) is 6.10 Å². The fourth-order valence-electron chi connectivity index (χ4n) is 9.52. The lowest BCUT2D eigenvalue weighted by atomic mass is 9.44. The minimum absolute atomic E-state index is 0.0113. The van der Waals surface area contributed by atoms with Gasteiger partial charge in [0.2, 0.25) is 0 Å². The van der Waals surface area contributed by atoms with Crippen molar-refractivity contribution in [2.45, 2.75) is 104 Å². The molecule has 1 N–H and O–H groups in total. The largest absolute Gasteiger partial charge is 0.481 e. The van der Waals surface area contributed by atoms with Crippen LogP contribution in [-0.2, 0) is 14.3 Å². The van der Waals surface area contributed by atoms with E-state index in [-0.39, 0.29) is 12.1 Å². The van der Waals surface area contributed by atoms with Crippen LogP contribution in [0.3, 0.4) is 0 Å². The van der Waals surface area contributed by atoms with E-state index in [1.807, 2.05) is 0 Å². The zero-order valence-corrected chi connectivity index (χ0v) is 23.4. The minimum atomic E-state index is -0.652. The molecule has 35 heavy (non-hydrogen) atoms. The summed E-state index contributed by atoms with van der Waals surface area (Å²) in [7, 11) is 6.36. The molecule has 0 amide bonds. The van der Waals surface area contributed by atoms with Crippen LogP contribution in [-0.4, -0.2) is 55.3 Å². The molecule has 4 fully saturated rings. The van der Waals surface area contributed by atoms with Gasteiger partial charge < -0.3 is 14.3 Å². The van der Waals surface area contributed by atoms with Crippen molar-refractivity contribution < 1.29 is 23.9 Å². The molecule has 4 rings (SSSR count). The highest BCUT2D eigenvalue weighted by atomic mass is 16.5. The standard InChI is InChI=1S/C30H51NO4/c1-20(7-12-27(32)33)24-10-11-25-23-9-8-21-19-22(35-28(34)15-18-31(4,5)6)13-16-29(21,2)26(23)14-17-30(24,25)3/h20-26H,7-19H2,1-6H3/p+1/t20-,21-,22+,23+,24-,25+,26+,29+,30-/m1/s1. The molecule has 0 heterocycles. The zero-order chi connectivity index (χ0) is 25.6. The molecule has 5 nitrogen and oxygen atoms in total. The molecular weight excluding hydrogens is 438 g/mol. The fraction of sp³-hybridized carbons (Fsp3) is 0.933. The van der Waals surface area contributed by atoms with Gasteiger partial charge in [-0.15, -0.1) is 0 Å². The Kier molecular flexibility index (Phi) is 7.69. The molecule has 5 heteroatoms. The van der Waals surface area contributed by atoms with Crippen molar-refractivity contribution >= 4 is 11.9 Å². The number of quaternary nitrogens is 1. The van der Waals surface area contributed by atoms with E-state index in [4.69, 9.17) is 4.74 Å². The lowest BCUT2D eigenvalue weighted by molar-refractivity contribution is -0.869. The van der Waals surface area contributed by atoms with Crippen LogP contribution >= 0.6 is 0 Å². The number of aliphatic carboxylic acids is 1. The number of fused-ring (bicyclic) bond motifs is 5. The Morgan fingerprint density at radius 2 is 1.63 bits per heavy atom. The first-order valence-electron chi connectivity index (χ1n) is 14.6. The first-order valence-corrected chi connectivity index (χ1v) is 14.6. The maximum atomic E-state index is 12.5. The Hall–Kier alpha value is -1.10. The quantitative estimate of drug-likeness (QED) is 0.327. The molecule has 0 saturated heterocycles. The smallest absolute Gasteiger partial charge is 0.311 e. The molecule has 0 spiro atoms. The molecule has 0 radical (unpaired) electrons. The third-order valence-corrected chi connectivity index (χ3v) is 11.5. The number of carbonyl (C=O) groups excluding carboxylic acids is 1. The lowest BCUT2D eigenvalue weighted by Gasteiger charge is -2.61. The van der Waals surface area contributed by atoms with Gasteiger partial charge in [-0.2, -0.15) is 0 Å². The molecule has 4 aliphatic rings. The van der Waals surface area contributed by atoms with Crippen molar-refractivity contribution in [2.75, 3.05) is 27.7 Å². The Balaban J connectivity index is 1.38. The summed E-state index contributed by atoms with van der Waals surface area (Å²) < 4.78 is 6.79. The third kappa shape index (κ3) is 5.45. The van der Waals surface area contributed by atoms with Gasteiger partial charge in [-0.05, 0) is 111 Å². The second-order valence-electron chi connectivity index (χ2n) is 14.4. The highest BCUT2D eigenvalue weighted by Crippen LogP contribution is 2.68. The van der Waals surface area contributed by atoms with Gasteiger partial charge in [0.15, 0.2) is 0 Å². The van der Waals surface area contributed by atoms with Crippen LogP contribution in [0.15, 0.2) is 0 Å². The highest BCUT2D eigenvalue weighted by molar-refractivity contribution is 5.69. The van der Waals surface area contributed by atoms with E-state index < -0.39 is 5.97 Å². The summed E-state index contributed by atoms with van der Waals surface area (Å²) in [5.74, 6) is 3.65. The van der Waals surface area contributed by atoms with Crippen molar-refractivity contribution in [3.63, 3.8) is 0 Å². The highest BCUT2D eigenvalue weighted by Gasteiger charge is 2.60. The first-order chi connectivity index (χ1) is 16.3. The van der Waals surface area contributed by atoms with E-state index >= 15 is 0 Å². The molecular formula is C30H52NO4+. The van der Waals surface area contributed by atoms with Crippen molar-refractivity contribution in [1.82, 2.24) is 0 Å². The van der Waals surface area contributed by atoms with E-state index in [2.05, 4.69) is 41.9 Å². The molecule has 4 saturated carbocycles. The summed E-state index contributed by atoms with van der Waals surface area (Å²) in [6.45, 7) is 8.28. The Morgan fingerprint density at radius 1 is 0.943 bits per heavy atom. The zero-order valence-electron chi connectivity index (χ0n) is 23.4. The third-order valence-electron chi connectivity index (χ3n) is 11.5. The molecule has 9 atom stereocenters. The van der Waals surface area contributed by atoms with E-state index in [0.717, 1.165) is 48.0 Å². The van der Waals surface area contributed by atoms with Crippen LogP contribution < -0.4 is 0 Å².